The van der Waals surface area contributed by atoms with E-state index in [1.807, 2.05) is 60.0 Å². The van der Waals surface area contributed by atoms with E-state index in [1.54, 1.807) is 18.5 Å². The second kappa shape index (κ2) is 12.6. The summed E-state index contributed by atoms with van der Waals surface area (Å²) in [6.45, 7) is 3.87. The average molecular weight is 511 g/mol. The molecule has 190 valence electrons. The molecule has 4 rings (SSSR count). The molecule has 11 heteroatoms. The molecular formula is C25H31N6O4P. The third-order valence-corrected chi connectivity index (χ3v) is 7.04. The lowest BCUT2D eigenvalue weighted by Gasteiger charge is -2.23. The smallest absolute Gasteiger partial charge is 0.341 e. The molecule has 0 saturated heterocycles. The van der Waals surface area contributed by atoms with Crippen molar-refractivity contribution < 1.29 is 18.6 Å². The summed E-state index contributed by atoms with van der Waals surface area (Å²) < 4.78 is 33.0. The van der Waals surface area contributed by atoms with E-state index >= 15 is 0 Å². The van der Waals surface area contributed by atoms with Gasteiger partial charge in [0.05, 0.1) is 25.6 Å². The molecule has 2 aromatic heterocycles. The van der Waals surface area contributed by atoms with E-state index in [0.717, 1.165) is 5.56 Å². The summed E-state index contributed by atoms with van der Waals surface area (Å²) in [5, 5.41) is 3.07. The molecule has 0 aliphatic heterocycles. The Morgan fingerprint density at radius 3 is 2.58 bits per heavy atom. The molecule has 4 aromatic rings. The number of hydrogen-bond acceptors (Lipinski definition) is 8. The number of para-hydroxylation sites is 1. The van der Waals surface area contributed by atoms with Gasteiger partial charge in [0.15, 0.2) is 11.5 Å². The van der Waals surface area contributed by atoms with Gasteiger partial charge in [0.2, 0.25) is 0 Å². The standard InChI is InChI=1S/C25H31N6O4P/c1-20(15-31-18-29-23-24(26)27-17-28-25(23)31)34-19-36(32,35-22-11-6-3-7-12-22)30-13-8-14-33-16-21-9-4-2-5-10-21/h2-7,9-12,17-18,20H,8,13-16,19H2,1H3,(H,30,32)(H2,26,27,28)/t20-,36?/m1/s1. The number of hydrogen-bond donors (Lipinski definition) is 2. The van der Waals surface area contributed by atoms with E-state index in [2.05, 4.69) is 20.0 Å². The van der Waals surface area contributed by atoms with Gasteiger partial charge in [0.1, 0.15) is 23.9 Å². The summed E-state index contributed by atoms with van der Waals surface area (Å²) in [7, 11) is -3.35. The molecule has 10 nitrogen and oxygen atoms in total. The average Bonchev–Trinajstić information content (AvgIpc) is 3.30. The highest BCUT2D eigenvalue weighted by atomic mass is 31.2. The van der Waals surface area contributed by atoms with E-state index in [9.17, 15) is 4.57 Å². The van der Waals surface area contributed by atoms with E-state index in [1.165, 1.54) is 6.33 Å². The molecule has 0 aliphatic carbocycles. The monoisotopic (exact) mass is 510 g/mol. The second-order valence-electron chi connectivity index (χ2n) is 8.31. The van der Waals surface area contributed by atoms with E-state index in [4.69, 9.17) is 19.7 Å². The highest BCUT2D eigenvalue weighted by Crippen LogP contribution is 2.43. The molecule has 0 aliphatic rings. The van der Waals surface area contributed by atoms with Gasteiger partial charge in [-0.05, 0) is 31.0 Å². The molecule has 3 N–H and O–H groups in total. The number of nitrogens with zero attached hydrogens (tertiary/aromatic N) is 4. The van der Waals surface area contributed by atoms with E-state index in [0.29, 0.717) is 55.5 Å². The minimum Gasteiger partial charge on any atom is -0.431 e. The number of ether oxygens (including phenoxy) is 2. The van der Waals surface area contributed by atoms with Crippen molar-refractivity contribution in [3.8, 4) is 5.75 Å². The van der Waals surface area contributed by atoms with Gasteiger partial charge in [-0.2, -0.15) is 0 Å². The minimum atomic E-state index is -3.35. The molecule has 2 heterocycles. The maximum Gasteiger partial charge on any atom is 0.341 e. The Bertz CT molecular complexity index is 1270. The van der Waals surface area contributed by atoms with Crippen molar-refractivity contribution in [3.05, 3.63) is 78.9 Å². The summed E-state index contributed by atoms with van der Waals surface area (Å²) in [5.74, 6) is 0.836. The fraction of sp³-hybridized carbons (Fsp3) is 0.320. The molecule has 0 radical (unpaired) electrons. The number of benzene rings is 2. The number of fused-ring (bicyclic) bond motifs is 1. The fourth-order valence-electron chi connectivity index (χ4n) is 3.53. The summed E-state index contributed by atoms with van der Waals surface area (Å²) in [5.41, 5.74) is 8.14. The van der Waals surface area contributed by atoms with Gasteiger partial charge in [-0.25, -0.2) is 20.0 Å². The van der Waals surface area contributed by atoms with Crippen LogP contribution in [-0.4, -0.2) is 45.1 Å². The zero-order valence-electron chi connectivity index (χ0n) is 20.2. The van der Waals surface area contributed by atoms with Crippen molar-refractivity contribution in [1.29, 1.82) is 0 Å². The topological polar surface area (TPSA) is 126 Å². The van der Waals surface area contributed by atoms with E-state index < -0.39 is 7.52 Å². The number of rotatable bonds is 14. The Morgan fingerprint density at radius 1 is 1.06 bits per heavy atom. The zero-order chi connectivity index (χ0) is 25.2. The maximum absolute atomic E-state index is 13.6. The van der Waals surface area contributed by atoms with Gasteiger partial charge < -0.3 is 24.3 Å². The molecule has 2 aromatic carbocycles. The number of aromatic nitrogens is 4. The first-order valence-corrected chi connectivity index (χ1v) is 13.6. The zero-order valence-corrected chi connectivity index (χ0v) is 21.1. The molecule has 0 amide bonds. The van der Waals surface area contributed by atoms with Crippen LogP contribution in [0.3, 0.4) is 0 Å². The van der Waals surface area contributed by atoms with Crippen LogP contribution >= 0.6 is 7.52 Å². The number of anilines is 1. The second-order valence-corrected chi connectivity index (χ2v) is 10.4. The Morgan fingerprint density at radius 2 is 1.81 bits per heavy atom. The highest BCUT2D eigenvalue weighted by molar-refractivity contribution is 7.57. The van der Waals surface area contributed by atoms with Gasteiger partial charge in [-0.15, -0.1) is 0 Å². The van der Waals surface area contributed by atoms with Crippen LogP contribution in [0.2, 0.25) is 0 Å². The summed E-state index contributed by atoms with van der Waals surface area (Å²) in [4.78, 5) is 12.5. The van der Waals surface area contributed by atoms with Crippen LogP contribution in [0.15, 0.2) is 73.3 Å². The Hall–Kier alpha value is -3.30. The molecular weight excluding hydrogens is 479 g/mol. The third kappa shape index (κ3) is 7.35. The lowest BCUT2D eigenvalue weighted by atomic mass is 10.2. The predicted molar refractivity (Wildman–Crippen MR) is 139 cm³/mol. The first-order valence-electron chi connectivity index (χ1n) is 11.8. The normalized spacial score (nSPS) is 13.9. The minimum absolute atomic E-state index is 0.0995. The lowest BCUT2D eigenvalue weighted by molar-refractivity contribution is 0.0820. The number of nitrogens with two attached hydrogens (primary N) is 1. The van der Waals surface area contributed by atoms with Crippen molar-refractivity contribution >= 4 is 24.5 Å². The highest BCUT2D eigenvalue weighted by Gasteiger charge is 2.26. The van der Waals surface area contributed by atoms with Crippen LogP contribution in [0.5, 0.6) is 5.75 Å². The van der Waals surface area contributed by atoms with Crippen LogP contribution in [0.25, 0.3) is 11.2 Å². The Balaban J connectivity index is 1.30. The van der Waals surface area contributed by atoms with Gasteiger partial charge >= 0.3 is 7.52 Å². The molecule has 0 saturated carbocycles. The molecule has 0 bridgehead atoms. The SMILES string of the molecule is C[C@H](Cn1cnc2c(N)ncnc21)OCP(=O)(NCCCOCc1ccccc1)Oc1ccccc1. The number of nitrogen functional groups attached to an aromatic ring is 1. The molecule has 1 unspecified atom stereocenters. The van der Waals surface area contributed by atoms with Crippen LogP contribution in [-0.2, 0) is 27.2 Å². The quantitative estimate of drug-likeness (QED) is 0.189. The van der Waals surface area contributed by atoms with Crippen molar-refractivity contribution in [2.45, 2.75) is 32.6 Å². The number of nitrogens with one attached hydrogen (secondary N) is 1. The predicted octanol–water partition coefficient (Wildman–Crippen LogP) is 4.24. The fourth-order valence-corrected chi connectivity index (χ4v) is 5.15. The summed E-state index contributed by atoms with van der Waals surface area (Å²) in [6, 6.07) is 19.1. The third-order valence-electron chi connectivity index (χ3n) is 5.34. The van der Waals surface area contributed by atoms with Crippen molar-refractivity contribution in [3.63, 3.8) is 0 Å². The van der Waals surface area contributed by atoms with E-state index in [-0.39, 0.29) is 12.5 Å². The maximum atomic E-state index is 13.6. The van der Waals surface area contributed by atoms with Gasteiger partial charge in [0, 0.05) is 13.2 Å². The van der Waals surface area contributed by atoms with Crippen LogP contribution < -0.4 is 15.3 Å². The summed E-state index contributed by atoms with van der Waals surface area (Å²) >= 11 is 0. The van der Waals surface area contributed by atoms with Crippen LogP contribution in [0.1, 0.15) is 18.9 Å². The van der Waals surface area contributed by atoms with Crippen LogP contribution in [0.4, 0.5) is 5.82 Å². The molecule has 0 fully saturated rings. The number of imidazole rings is 1. The molecule has 2 atom stereocenters. The van der Waals surface area contributed by atoms with Gasteiger partial charge in [-0.3, -0.25) is 4.57 Å². The lowest BCUT2D eigenvalue weighted by Crippen LogP contribution is -2.24. The van der Waals surface area contributed by atoms with Crippen molar-refractivity contribution in [1.82, 2.24) is 24.6 Å². The molecule has 36 heavy (non-hydrogen) atoms. The van der Waals surface area contributed by atoms with Gasteiger partial charge in [-0.1, -0.05) is 48.5 Å². The Kier molecular flexibility index (Phi) is 9.02. The van der Waals surface area contributed by atoms with Gasteiger partial charge in [0.25, 0.3) is 0 Å². The van der Waals surface area contributed by atoms with Crippen molar-refractivity contribution in [2.75, 3.05) is 25.2 Å². The van der Waals surface area contributed by atoms with Crippen LogP contribution in [0, 0.1) is 0 Å². The largest absolute Gasteiger partial charge is 0.431 e. The molecule has 0 spiro atoms. The van der Waals surface area contributed by atoms with Crippen molar-refractivity contribution in [2.24, 2.45) is 0 Å². The first kappa shape index (κ1) is 25.8. The first-order chi connectivity index (χ1) is 17.5. The Labute approximate surface area is 210 Å². The summed E-state index contributed by atoms with van der Waals surface area (Å²) in [6.07, 6.45) is 3.33.